The third kappa shape index (κ3) is 4.94. The Labute approximate surface area is 172 Å². The van der Waals surface area contributed by atoms with Gasteiger partial charge >= 0.3 is 5.97 Å². The first-order chi connectivity index (χ1) is 13.9. The highest BCUT2D eigenvalue weighted by Gasteiger charge is 2.24. The smallest absolute Gasteiger partial charge is 0.335 e. The van der Waals surface area contributed by atoms with Crippen LogP contribution in [0.15, 0.2) is 48.5 Å². The fraction of sp³-hybridized carbons (Fsp3) is 0.360. The normalized spacial score (nSPS) is 17.1. The maximum Gasteiger partial charge on any atom is 0.335 e. The summed E-state index contributed by atoms with van der Waals surface area (Å²) in [4.78, 5) is 26.0. The highest BCUT2D eigenvalue weighted by Crippen LogP contribution is 2.29. The number of nitrogens with zero attached hydrogens (tertiary/aromatic N) is 1. The number of likely N-dealkylation sites (tertiary alicyclic amines) is 1. The summed E-state index contributed by atoms with van der Waals surface area (Å²) in [6.07, 6.45) is 5.57. The van der Waals surface area contributed by atoms with Gasteiger partial charge in [-0.2, -0.15) is 0 Å². The molecule has 0 radical (unpaired) electrons. The van der Waals surface area contributed by atoms with E-state index in [-0.39, 0.29) is 11.8 Å². The average molecular weight is 392 g/mol. The molecule has 1 heterocycles. The van der Waals surface area contributed by atoms with Gasteiger partial charge in [-0.1, -0.05) is 50.2 Å². The largest absolute Gasteiger partial charge is 0.478 e. The van der Waals surface area contributed by atoms with E-state index >= 15 is 0 Å². The van der Waals surface area contributed by atoms with E-state index in [9.17, 15) is 14.7 Å². The molecule has 1 atom stereocenters. The molecule has 1 amide bonds. The molecule has 4 heteroatoms. The topological polar surface area (TPSA) is 57.6 Å². The summed E-state index contributed by atoms with van der Waals surface area (Å²) in [6, 6.07) is 13.7. The molecule has 0 saturated carbocycles. The number of rotatable bonds is 5. The Bertz CT molecular complexity index is 929. The molecule has 1 aliphatic heterocycles. The number of carboxylic acid groups (broad SMARTS) is 1. The SMILES string of the molecule is Cc1cc(C2CCCN(C(=O)/C=C/c3ccccc3C(C)C)C2)ccc1C(=O)O. The number of aryl methyl sites for hydroxylation is 1. The van der Waals surface area contributed by atoms with E-state index in [0.29, 0.717) is 18.0 Å². The van der Waals surface area contributed by atoms with Gasteiger partial charge in [0.05, 0.1) is 5.56 Å². The fourth-order valence-electron chi connectivity index (χ4n) is 4.09. The minimum Gasteiger partial charge on any atom is -0.478 e. The Kier molecular flexibility index (Phi) is 6.53. The Hall–Kier alpha value is -2.88. The molecule has 1 saturated heterocycles. The first-order valence-corrected chi connectivity index (χ1v) is 10.3. The van der Waals surface area contributed by atoms with Gasteiger partial charge in [-0.05, 0) is 60.1 Å². The summed E-state index contributed by atoms with van der Waals surface area (Å²) in [6.45, 7) is 7.56. The Morgan fingerprint density at radius 3 is 2.62 bits per heavy atom. The van der Waals surface area contributed by atoms with E-state index in [1.807, 2.05) is 48.2 Å². The van der Waals surface area contributed by atoms with E-state index in [1.54, 1.807) is 12.1 Å². The lowest BCUT2D eigenvalue weighted by Gasteiger charge is -2.32. The van der Waals surface area contributed by atoms with Crippen molar-refractivity contribution in [3.8, 4) is 0 Å². The van der Waals surface area contributed by atoms with Crippen LogP contribution < -0.4 is 0 Å². The molecule has 29 heavy (non-hydrogen) atoms. The first-order valence-electron chi connectivity index (χ1n) is 10.3. The second-order valence-corrected chi connectivity index (χ2v) is 8.12. The highest BCUT2D eigenvalue weighted by atomic mass is 16.4. The van der Waals surface area contributed by atoms with Crippen molar-refractivity contribution < 1.29 is 14.7 Å². The van der Waals surface area contributed by atoms with Crippen LogP contribution in [-0.4, -0.2) is 35.0 Å². The molecule has 1 fully saturated rings. The van der Waals surface area contributed by atoms with Gasteiger partial charge in [-0.25, -0.2) is 4.79 Å². The predicted octanol–water partition coefficient (Wildman–Crippen LogP) is 5.24. The minimum atomic E-state index is -0.902. The van der Waals surface area contributed by atoms with Crippen LogP contribution >= 0.6 is 0 Å². The van der Waals surface area contributed by atoms with Gasteiger partial charge in [0.1, 0.15) is 0 Å². The Balaban J connectivity index is 1.72. The van der Waals surface area contributed by atoms with Gasteiger partial charge in [-0.3, -0.25) is 4.79 Å². The van der Waals surface area contributed by atoms with Crippen LogP contribution in [-0.2, 0) is 4.79 Å². The number of carbonyl (C=O) groups excluding carboxylic acids is 1. The lowest BCUT2D eigenvalue weighted by atomic mass is 9.88. The van der Waals surface area contributed by atoms with Crippen LogP contribution in [0.2, 0.25) is 0 Å². The third-order valence-corrected chi connectivity index (χ3v) is 5.71. The highest BCUT2D eigenvalue weighted by molar-refractivity contribution is 5.92. The molecular formula is C25H29NO3. The van der Waals surface area contributed by atoms with Gasteiger partial charge in [-0.15, -0.1) is 0 Å². The molecule has 2 aromatic carbocycles. The second-order valence-electron chi connectivity index (χ2n) is 8.12. The molecule has 1 aliphatic rings. The summed E-state index contributed by atoms with van der Waals surface area (Å²) in [5, 5.41) is 9.23. The number of hydrogen-bond donors (Lipinski definition) is 1. The Morgan fingerprint density at radius 1 is 1.17 bits per heavy atom. The molecule has 4 nitrogen and oxygen atoms in total. The zero-order chi connectivity index (χ0) is 21.0. The van der Waals surface area contributed by atoms with Gasteiger partial charge in [0, 0.05) is 25.1 Å². The summed E-state index contributed by atoms with van der Waals surface area (Å²) in [5.41, 5.74) is 4.54. The van der Waals surface area contributed by atoms with E-state index in [4.69, 9.17) is 0 Å². The average Bonchev–Trinajstić information content (AvgIpc) is 2.71. The van der Waals surface area contributed by atoms with Crippen molar-refractivity contribution in [2.24, 2.45) is 0 Å². The van der Waals surface area contributed by atoms with Crippen LogP contribution in [0.1, 0.15) is 71.1 Å². The summed E-state index contributed by atoms with van der Waals surface area (Å²) in [7, 11) is 0. The quantitative estimate of drug-likeness (QED) is 0.710. The molecular weight excluding hydrogens is 362 g/mol. The van der Waals surface area contributed by atoms with Crippen molar-refractivity contribution in [1.29, 1.82) is 0 Å². The van der Waals surface area contributed by atoms with Crippen molar-refractivity contribution in [2.45, 2.75) is 45.4 Å². The zero-order valence-corrected chi connectivity index (χ0v) is 17.4. The molecule has 0 aliphatic carbocycles. The molecule has 1 N–H and O–H groups in total. The summed E-state index contributed by atoms with van der Waals surface area (Å²) < 4.78 is 0. The van der Waals surface area contributed by atoms with Gasteiger partial charge in [0.2, 0.25) is 5.91 Å². The summed E-state index contributed by atoms with van der Waals surface area (Å²) in [5.74, 6) is -0.221. The van der Waals surface area contributed by atoms with E-state index in [2.05, 4.69) is 19.9 Å². The molecule has 1 unspecified atom stereocenters. The maximum atomic E-state index is 12.8. The number of hydrogen-bond acceptors (Lipinski definition) is 2. The Morgan fingerprint density at radius 2 is 1.93 bits per heavy atom. The van der Waals surface area contributed by atoms with E-state index in [0.717, 1.165) is 36.1 Å². The number of carbonyl (C=O) groups is 2. The van der Waals surface area contributed by atoms with Gasteiger partial charge < -0.3 is 10.0 Å². The van der Waals surface area contributed by atoms with Crippen molar-refractivity contribution in [2.75, 3.05) is 13.1 Å². The molecule has 2 aromatic rings. The van der Waals surface area contributed by atoms with Crippen molar-refractivity contribution in [1.82, 2.24) is 4.90 Å². The lowest BCUT2D eigenvalue weighted by molar-refractivity contribution is -0.127. The van der Waals surface area contributed by atoms with Crippen molar-refractivity contribution >= 4 is 18.0 Å². The lowest BCUT2D eigenvalue weighted by Crippen LogP contribution is -2.38. The van der Waals surface area contributed by atoms with E-state index < -0.39 is 5.97 Å². The molecule has 0 bridgehead atoms. The summed E-state index contributed by atoms with van der Waals surface area (Å²) >= 11 is 0. The predicted molar refractivity (Wildman–Crippen MR) is 116 cm³/mol. The van der Waals surface area contributed by atoms with Gasteiger partial charge in [0.15, 0.2) is 0 Å². The van der Waals surface area contributed by atoms with E-state index in [1.165, 1.54) is 5.56 Å². The van der Waals surface area contributed by atoms with Crippen LogP contribution in [0.5, 0.6) is 0 Å². The van der Waals surface area contributed by atoms with Crippen LogP contribution in [0.3, 0.4) is 0 Å². The molecule has 3 rings (SSSR count). The standard InChI is InChI=1S/C25H29NO3/c1-17(2)22-9-5-4-7-19(22)11-13-24(27)26-14-6-8-21(16-26)20-10-12-23(25(28)29)18(3)15-20/h4-5,7,9-13,15,17,21H,6,8,14,16H2,1-3H3,(H,28,29)/b13-11+. The van der Waals surface area contributed by atoms with Crippen LogP contribution in [0, 0.1) is 6.92 Å². The zero-order valence-electron chi connectivity index (χ0n) is 17.4. The number of carboxylic acids is 1. The van der Waals surface area contributed by atoms with Crippen molar-refractivity contribution in [3.63, 3.8) is 0 Å². The number of aromatic carboxylic acids is 1. The molecule has 0 aromatic heterocycles. The van der Waals surface area contributed by atoms with Crippen molar-refractivity contribution in [3.05, 3.63) is 76.4 Å². The molecule has 152 valence electrons. The second kappa shape index (κ2) is 9.08. The van der Waals surface area contributed by atoms with Crippen LogP contribution in [0.4, 0.5) is 0 Å². The first kappa shape index (κ1) is 20.8. The third-order valence-electron chi connectivity index (χ3n) is 5.71. The minimum absolute atomic E-state index is 0.0344. The maximum absolute atomic E-state index is 12.8. The van der Waals surface area contributed by atoms with Gasteiger partial charge in [0.25, 0.3) is 0 Å². The monoisotopic (exact) mass is 391 g/mol. The van der Waals surface area contributed by atoms with Crippen LogP contribution in [0.25, 0.3) is 6.08 Å². The number of piperidine rings is 1. The number of amides is 1. The number of benzene rings is 2. The fourth-order valence-corrected chi connectivity index (χ4v) is 4.09. The molecule has 0 spiro atoms.